The molecule has 0 heterocycles. The molecule has 0 amide bonds. The molecule has 0 radical (unpaired) electrons. The summed E-state index contributed by atoms with van der Waals surface area (Å²) in [5.74, 6) is 0. The Balaban J connectivity index is 4.85. The Hall–Kier alpha value is -5.92. The predicted octanol–water partition coefficient (Wildman–Crippen LogP) is 12.5. The maximum Gasteiger partial charge on any atom is 0.0618 e. The minimum atomic E-state index is 0.768. The molecule has 0 bridgehead atoms. The van der Waals surface area contributed by atoms with Crippen molar-refractivity contribution in [2.24, 2.45) is 0 Å². The second-order valence-electron chi connectivity index (χ2n) is 9.41. The van der Waals surface area contributed by atoms with Crippen molar-refractivity contribution in [1.29, 1.82) is 0 Å². The summed E-state index contributed by atoms with van der Waals surface area (Å²) in [6.07, 6.45) is 39.6. The van der Waals surface area contributed by atoms with E-state index in [0.29, 0.717) is 0 Å². The molecule has 1 nitrogen and oxygen atoms in total. The van der Waals surface area contributed by atoms with Crippen LogP contribution in [-0.2, 0) is 0 Å². The topological polar surface area (TPSA) is 3.24 Å². The quantitative estimate of drug-likeness (QED) is 0.134. The van der Waals surface area contributed by atoms with Gasteiger partial charge in [0.25, 0.3) is 0 Å². The number of nitrogens with zero attached hydrogens (tertiary/aromatic N) is 1. The summed E-state index contributed by atoms with van der Waals surface area (Å²) in [4.78, 5) is 2.15. The molecule has 0 aliphatic heterocycles. The molecule has 1 aromatic carbocycles. The predicted molar refractivity (Wildman–Crippen MR) is 209 cm³/mol. The summed E-state index contributed by atoms with van der Waals surface area (Å²) in [6.45, 7) is 38.4. The Morgan fingerprint density at radius 3 is 1.59 bits per heavy atom. The highest BCUT2D eigenvalue weighted by atomic mass is 15.2. The standard InChI is InChI=1S/C45H47N/c1-11-20-31-38(26-14-4)37(10)36-44(40-33-24-23-25-34-40)45(43(19-9)39(27-15-5)32-21-12-2)46(41(28-16-6)29-17-7)42(30-18-8)35-22-13-3/h11-36H,1-6,8-10H2,7H3/b29-17-,31-20-,32-21-,35-22-,38-26+,39-27?,41-28+,42-30+,44-36-,45-43-. The lowest BCUT2D eigenvalue weighted by Gasteiger charge is -2.33. The van der Waals surface area contributed by atoms with E-state index in [9.17, 15) is 0 Å². The van der Waals surface area contributed by atoms with E-state index in [1.165, 1.54) is 0 Å². The number of benzene rings is 1. The Morgan fingerprint density at radius 2 is 1.09 bits per heavy atom. The lowest BCUT2D eigenvalue weighted by molar-refractivity contribution is 0.578. The van der Waals surface area contributed by atoms with Gasteiger partial charge in [0.15, 0.2) is 0 Å². The van der Waals surface area contributed by atoms with Gasteiger partial charge in [-0.25, -0.2) is 0 Å². The Bertz CT molecular complexity index is 1610. The molecule has 0 aliphatic carbocycles. The summed E-state index contributed by atoms with van der Waals surface area (Å²) >= 11 is 0. The van der Waals surface area contributed by atoms with Gasteiger partial charge in [-0.2, -0.15) is 0 Å². The number of hydrogen-bond donors (Lipinski definition) is 0. The zero-order valence-corrected chi connectivity index (χ0v) is 27.3. The molecule has 0 aliphatic rings. The molecule has 1 aromatic rings. The van der Waals surface area contributed by atoms with Gasteiger partial charge in [0.1, 0.15) is 0 Å². The molecular formula is C45H47N. The normalized spacial score (nSPS) is 13.9. The molecule has 0 N–H and O–H groups in total. The monoisotopic (exact) mass is 601 g/mol. The molecule has 1 heteroatoms. The van der Waals surface area contributed by atoms with Crippen LogP contribution in [0.1, 0.15) is 12.5 Å². The third-order valence-corrected chi connectivity index (χ3v) is 6.28. The van der Waals surface area contributed by atoms with Crippen LogP contribution in [0.4, 0.5) is 0 Å². The van der Waals surface area contributed by atoms with Crippen molar-refractivity contribution in [3.8, 4) is 0 Å². The lowest BCUT2D eigenvalue weighted by atomic mass is 9.90. The van der Waals surface area contributed by atoms with Gasteiger partial charge in [0, 0.05) is 22.5 Å². The second-order valence-corrected chi connectivity index (χ2v) is 9.41. The summed E-state index contributed by atoms with van der Waals surface area (Å²) in [5, 5.41) is 0. The van der Waals surface area contributed by atoms with Crippen LogP contribution in [-0.4, -0.2) is 4.90 Å². The molecule has 0 spiro atoms. The highest BCUT2D eigenvalue weighted by Crippen LogP contribution is 2.39. The van der Waals surface area contributed by atoms with E-state index in [1.54, 1.807) is 42.5 Å². The summed E-state index contributed by atoms with van der Waals surface area (Å²) in [6, 6.07) is 10.2. The zero-order valence-electron chi connectivity index (χ0n) is 27.3. The summed E-state index contributed by atoms with van der Waals surface area (Å²) in [7, 11) is 0. The van der Waals surface area contributed by atoms with Crippen molar-refractivity contribution in [3.63, 3.8) is 0 Å². The van der Waals surface area contributed by atoms with Gasteiger partial charge in [-0.05, 0) is 59.6 Å². The van der Waals surface area contributed by atoms with Gasteiger partial charge in [-0.3, -0.25) is 0 Å². The molecule has 46 heavy (non-hydrogen) atoms. The van der Waals surface area contributed by atoms with E-state index < -0.39 is 0 Å². The van der Waals surface area contributed by atoms with Gasteiger partial charge in [0.05, 0.1) is 5.70 Å². The van der Waals surface area contributed by atoms with Crippen molar-refractivity contribution in [1.82, 2.24) is 4.90 Å². The summed E-state index contributed by atoms with van der Waals surface area (Å²) in [5.41, 5.74) is 7.68. The van der Waals surface area contributed by atoms with Crippen LogP contribution in [0.15, 0.2) is 257 Å². The fourth-order valence-corrected chi connectivity index (χ4v) is 4.40. The van der Waals surface area contributed by atoms with Gasteiger partial charge >= 0.3 is 0 Å². The molecule has 0 saturated heterocycles. The van der Waals surface area contributed by atoms with Crippen molar-refractivity contribution < 1.29 is 0 Å². The first-order valence-corrected chi connectivity index (χ1v) is 14.9. The van der Waals surface area contributed by atoms with Crippen LogP contribution >= 0.6 is 0 Å². The van der Waals surface area contributed by atoms with E-state index >= 15 is 0 Å². The largest absolute Gasteiger partial charge is 0.309 e. The molecule has 0 saturated carbocycles. The van der Waals surface area contributed by atoms with Crippen LogP contribution in [0.2, 0.25) is 0 Å². The molecule has 0 fully saturated rings. The Kier molecular flexibility index (Phi) is 18.7. The second kappa shape index (κ2) is 22.6. The first-order chi connectivity index (χ1) is 22.4. The van der Waals surface area contributed by atoms with Crippen molar-refractivity contribution in [2.45, 2.75) is 6.92 Å². The van der Waals surface area contributed by atoms with Crippen LogP contribution < -0.4 is 0 Å². The van der Waals surface area contributed by atoms with Gasteiger partial charge in [0.2, 0.25) is 0 Å². The van der Waals surface area contributed by atoms with E-state index in [4.69, 9.17) is 0 Å². The molecule has 1 rings (SSSR count). The van der Waals surface area contributed by atoms with E-state index in [-0.39, 0.29) is 0 Å². The Labute approximate surface area is 278 Å². The van der Waals surface area contributed by atoms with E-state index in [1.807, 2.05) is 104 Å². The first-order valence-electron chi connectivity index (χ1n) is 14.9. The maximum atomic E-state index is 4.49. The average Bonchev–Trinajstić information content (AvgIpc) is 3.06. The summed E-state index contributed by atoms with van der Waals surface area (Å²) < 4.78 is 0. The van der Waals surface area contributed by atoms with Gasteiger partial charge < -0.3 is 4.90 Å². The van der Waals surface area contributed by atoms with Crippen molar-refractivity contribution in [3.05, 3.63) is 262 Å². The lowest BCUT2D eigenvalue weighted by Crippen LogP contribution is -2.23. The SMILES string of the molecule is C=CC=C(/C=C\C=C)/C(C=C)=C(/C(=C\C(=C)C(/C=C\C=C)=C/C=C)c1ccccc1)N(C(/C=C\C)=C/C=C)C(/C=C\C=C)=C/C=C. The van der Waals surface area contributed by atoms with E-state index in [2.05, 4.69) is 82.3 Å². The third-order valence-electron chi connectivity index (χ3n) is 6.28. The zero-order chi connectivity index (χ0) is 34.2. The van der Waals surface area contributed by atoms with E-state index in [0.717, 1.165) is 50.5 Å². The van der Waals surface area contributed by atoms with Gasteiger partial charge in [-0.15, -0.1) is 0 Å². The fraction of sp³-hybridized carbons (Fsp3) is 0.0222. The van der Waals surface area contributed by atoms with Crippen molar-refractivity contribution >= 4 is 5.57 Å². The maximum absolute atomic E-state index is 4.49. The third kappa shape index (κ3) is 11.6. The molecule has 232 valence electrons. The molecule has 0 unspecified atom stereocenters. The Morgan fingerprint density at radius 1 is 0.587 bits per heavy atom. The van der Waals surface area contributed by atoms with Crippen LogP contribution in [0, 0.1) is 0 Å². The highest BCUT2D eigenvalue weighted by Gasteiger charge is 2.25. The highest BCUT2D eigenvalue weighted by molar-refractivity contribution is 5.85. The van der Waals surface area contributed by atoms with Gasteiger partial charge in [-0.1, -0.05) is 187 Å². The number of rotatable bonds is 20. The minimum absolute atomic E-state index is 0.768. The molecule has 0 atom stereocenters. The smallest absolute Gasteiger partial charge is 0.0618 e. The molecular weight excluding hydrogens is 555 g/mol. The molecule has 0 aromatic heterocycles. The fourth-order valence-electron chi connectivity index (χ4n) is 4.40. The van der Waals surface area contributed by atoms with Crippen LogP contribution in [0.25, 0.3) is 5.57 Å². The first kappa shape index (κ1) is 38.1. The number of allylic oxidation sites excluding steroid dienone is 26. The van der Waals surface area contributed by atoms with Crippen LogP contribution in [0.5, 0.6) is 0 Å². The minimum Gasteiger partial charge on any atom is -0.309 e. The van der Waals surface area contributed by atoms with Crippen molar-refractivity contribution in [2.75, 3.05) is 0 Å². The van der Waals surface area contributed by atoms with Crippen LogP contribution in [0.3, 0.4) is 0 Å². The average molecular weight is 602 g/mol. The number of hydrogen-bond acceptors (Lipinski definition) is 1.